The van der Waals surface area contributed by atoms with E-state index in [9.17, 15) is 4.39 Å². The summed E-state index contributed by atoms with van der Waals surface area (Å²) in [7, 11) is 0. The van der Waals surface area contributed by atoms with Crippen LogP contribution in [0, 0.1) is 5.82 Å². The Morgan fingerprint density at radius 1 is 1.13 bits per heavy atom. The van der Waals surface area contributed by atoms with Gasteiger partial charge in [0, 0.05) is 44.1 Å². The second kappa shape index (κ2) is 8.95. The van der Waals surface area contributed by atoms with Crippen LogP contribution in [0.4, 0.5) is 15.9 Å². The van der Waals surface area contributed by atoms with Crippen LogP contribution in [0.25, 0.3) is 22.3 Å². The largest absolute Gasteiger partial charge is 0.378 e. The van der Waals surface area contributed by atoms with Crippen molar-refractivity contribution in [1.29, 1.82) is 0 Å². The number of morpholine rings is 1. The van der Waals surface area contributed by atoms with E-state index in [1.54, 1.807) is 18.5 Å². The molecule has 0 amide bonds. The maximum atomic E-state index is 15.0. The lowest BCUT2D eigenvalue weighted by Gasteiger charge is -2.29. The van der Waals surface area contributed by atoms with Gasteiger partial charge in [-0.2, -0.15) is 0 Å². The molecule has 2 aromatic heterocycles. The molecule has 8 heteroatoms. The van der Waals surface area contributed by atoms with E-state index in [1.807, 2.05) is 23.1 Å². The fourth-order valence-corrected chi connectivity index (χ4v) is 4.00. The molecule has 160 valence electrons. The summed E-state index contributed by atoms with van der Waals surface area (Å²) in [6.07, 6.45) is 6.60. The summed E-state index contributed by atoms with van der Waals surface area (Å²) >= 11 is 0. The Balaban J connectivity index is 1.46. The van der Waals surface area contributed by atoms with Gasteiger partial charge < -0.3 is 20.3 Å². The van der Waals surface area contributed by atoms with Gasteiger partial charge in [0.2, 0.25) is 0 Å². The van der Waals surface area contributed by atoms with Gasteiger partial charge in [0.25, 0.3) is 0 Å². The van der Waals surface area contributed by atoms with Gasteiger partial charge in [-0.3, -0.25) is 4.98 Å². The van der Waals surface area contributed by atoms with Crippen LogP contribution in [0.15, 0.2) is 48.3 Å². The van der Waals surface area contributed by atoms with E-state index in [4.69, 9.17) is 9.72 Å². The second-order valence-electron chi connectivity index (χ2n) is 7.73. The minimum atomic E-state index is -0.256. The standard InChI is InChI=1S/C23H25FN6O/c24-18-12-17(3-4-21(18)30-8-10-31-11-9-30)19-13-20-22(27-7-6-26-20)23(29-19)28-15-16-2-1-5-25-14-16/h2-4,6-7,12-13,25H,1,5,8-11,14-15H2,(H,28,29). The number of nitrogens with one attached hydrogen (secondary N) is 2. The minimum absolute atomic E-state index is 0.256. The molecule has 7 nitrogen and oxygen atoms in total. The molecule has 0 unspecified atom stereocenters. The maximum absolute atomic E-state index is 15.0. The van der Waals surface area contributed by atoms with Crippen molar-refractivity contribution in [2.45, 2.75) is 6.42 Å². The molecule has 1 fully saturated rings. The normalized spacial score (nSPS) is 16.9. The zero-order valence-corrected chi connectivity index (χ0v) is 17.3. The van der Waals surface area contributed by atoms with Crippen LogP contribution < -0.4 is 15.5 Å². The first kappa shape index (κ1) is 19.8. The molecule has 3 aromatic rings. The number of halogens is 1. The topological polar surface area (TPSA) is 75.2 Å². The zero-order chi connectivity index (χ0) is 21.0. The first-order chi connectivity index (χ1) is 15.3. The van der Waals surface area contributed by atoms with E-state index >= 15 is 0 Å². The molecule has 0 spiro atoms. The number of hydrogen-bond acceptors (Lipinski definition) is 7. The maximum Gasteiger partial charge on any atom is 0.155 e. The van der Waals surface area contributed by atoms with Crippen LogP contribution in [-0.4, -0.2) is 60.9 Å². The van der Waals surface area contributed by atoms with Crippen molar-refractivity contribution >= 4 is 22.5 Å². The monoisotopic (exact) mass is 420 g/mol. The van der Waals surface area contributed by atoms with E-state index in [0.717, 1.165) is 25.0 Å². The quantitative estimate of drug-likeness (QED) is 0.615. The number of pyridine rings is 1. The van der Waals surface area contributed by atoms with E-state index < -0.39 is 0 Å². The molecule has 2 N–H and O–H groups in total. The van der Waals surface area contributed by atoms with E-state index in [1.165, 1.54) is 5.57 Å². The lowest BCUT2D eigenvalue weighted by atomic mass is 10.1. The third-order valence-electron chi connectivity index (χ3n) is 5.64. The Morgan fingerprint density at radius 2 is 2.00 bits per heavy atom. The number of nitrogens with zero attached hydrogens (tertiary/aromatic N) is 4. The highest BCUT2D eigenvalue weighted by Crippen LogP contribution is 2.29. The minimum Gasteiger partial charge on any atom is -0.378 e. The van der Waals surface area contributed by atoms with Gasteiger partial charge in [0.1, 0.15) is 11.3 Å². The van der Waals surface area contributed by atoms with Crippen molar-refractivity contribution in [2.24, 2.45) is 0 Å². The Morgan fingerprint density at radius 3 is 2.81 bits per heavy atom. The molecule has 0 atom stereocenters. The van der Waals surface area contributed by atoms with E-state index in [2.05, 4.69) is 26.7 Å². The van der Waals surface area contributed by atoms with E-state index in [0.29, 0.717) is 61.1 Å². The lowest BCUT2D eigenvalue weighted by molar-refractivity contribution is 0.122. The van der Waals surface area contributed by atoms with Crippen molar-refractivity contribution in [1.82, 2.24) is 20.3 Å². The van der Waals surface area contributed by atoms with Crippen LogP contribution in [0.3, 0.4) is 0 Å². The summed E-state index contributed by atoms with van der Waals surface area (Å²) < 4.78 is 20.3. The molecule has 5 rings (SSSR count). The highest BCUT2D eigenvalue weighted by Gasteiger charge is 2.17. The molecule has 31 heavy (non-hydrogen) atoms. The first-order valence-electron chi connectivity index (χ1n) is 10.6. The summed E-state index contributed by atoms with van der Waals surface area (Å²) in [5.74, 6) is 0.401. The van der Waals surface area contributed by atoms with Gasteiger partial charge in [-0.25, -0.2) is 14.4 Å². The molecular formula is C23H25FN6O. The fraction of sp³-hybridized carbons (Fsp3) is 0.348. The van der Waals surface area contributed by atoms with Crippen molar-refractivity contribution in [3.63, 3.8) is 0 Å². The van der Waals surface area contributed by atoms with Crippen molar-refractivity contribution in [3.8, 4) is 11.3 Å². The third kappa shape index (κ3) is 4.35. The van der Waals surface area contributed by atoms with Crippen molar-refractivity contribution < 1.29 is 9.13 Å². The molecule has 4 heterocycles. The van der Waals surface area contributed by atoms with Crippen molar-refractivity contribution in [2.75, 3.05) is 56.2 Å². The Labute approximate surface area is 180 Å². The summed E-state index contributed by atoms with van der Waals surface area (Å²) in [5.41, 5.74) is 4.70. The molecule has 1 saturated heterocycles. The number of hydrogen-bond donors (Lipinski definition) is 2. The summed E-state index contributed by atoms with van der Waals surface area (Å²) in [6.45, 7) is 5.18. The van der Waals surface area contributed by atoms with Crippen LogP contribution in [0.1, 0.15) is 6.42 Å². The zero-order valence-electron chi connectivity index (χ0n) is 17.3. The molecule has 1 aromatic carbocycles. The second-order valence-corrected chi connectivity index (χ2v) is 7.73. The Kier molecular flexibility index (Phi) is 5.73. The Bertz CT molecular complexity index is 1110. The van der Waals surface area contributed by atoms with Gasteiger partial charge >= 0.3 is 0 Å². The molecule has 2 aliphatic heterocycles. The summed E-state index contributed by atoms with van der Waals surface area (Å²) in [6, 6.07) is 7.14. The molecule has 2 aliphatic rings. The van der Waals surface area contributed by atoms with Crippen LogP contribution >= 0.6 is 0 Å². The van der Waals surface area contributed by atoms with Gasteiger partial charge in [0.05, 0.1) is 30.1 Å². The van der Waals surface area contributed by atoms with Gasteiger partial charge in [-0.1, -0.05) is 12.1 Å². The average Bonchev–Trinajstić information content (AvgIpc) is 2.83. The first-order valence-corrected chi connectivity index (χ1v) is 10.6. The van der Waals surface area contributed by atoms with Gasteiger partial charge in [0.15, 0.2) is 5.82 Å². The van der Waals surface area contributed by atoms with E-state index in [-0.39, 0.29) is 5.82 Å². The lowest BCUT2D eigenvalue weighted by Crippen LogP contribution is -2.36. The molecule has 0 saturated carbocycles. The number of ether oxygens (including phenoxy) is 1. The summed E-state index contributed by atoms with van der Waals surface area (Å²) in [5, 5.41) is 6.78. The fourth-order valence-electron chi connectivity index (χ4n) is 4.00. The predicted octanol–water partition coefficient (Wildman–Crippen LogP) is 3.00. The number of aromatic nitrogens is 3. The van der Waals surface area contributed by atoms with Crippen LogP contribution in [0.5, 0.6) is 0 Å². The molecule has 0 aliphatic carbocycles. The average molecular weight is 420 g/mol. The third-order valence-corrected chi connectivity index (χ3v) is 5.64. The van der Waals surface area contributed by atoms with Crippen LogP contribution in [-0.2, 0) is 4.74 Å². The predicted molar refractivity (Wildman–Crippen MR) is 120 cm³/mol. The highest BCUT2D eigenvalue weighted by molar-refractivity contribution is 5.88. The summed E-state index contributed by atoms with van der Waals surface area (Å²) in [4.78, 5) is 15.7. The van der Waals surface area contributed by atoms with Crippen LogP contribution in [0.2, 0.25) is 0 Å². The number of rotatable bonds is 5. The number of fused-ring (bicyclic) bond motifs is 1. The number of anilines is 2. The SMILES string of the molecule is Fc1cc(-c2cc3nccnc3c(NCC3=CCCNC3)n2)ccc1N1CCOCC1. The smallest absolute Gasteiger partial charge is 0.155 e. The molecule has 0 radical (unpaired) electrons. The molecule has 0 bridgehead atoms. The highest BCUT2D eigenvalue weighted by atomic mass is 19.1. The molecular weight excluding hydrogens is 395 g/mol. The number of benzene rings is 1. The van der Waals surface area contributed by atoms with Crippen molar-refractivity contribution in [3.05, 3.63) is 54.1 Å². The van der Waals surface area contributed by atoms with Gasteiger partial charge in [-0.05, 0) is 36.7 Å². The van der Waals surface area contributed by atoms with Gasteiger partial charge in [-0.15, -0.1) is 0 Å². The Hall–Kier alpha value is -3.10.